The molecule has 0 radical (unpaired) electrons. The Morgan fingerprint density at radius 3 is 2.61 bits per heavy atom. The Balaban J connectivity index is 2.45. The van der Waals surface area contributed by atoms with Gasteiger partial charge in [0.2, 0.25) is 0 Å². The predicted molar refractivity (Wildman–Crippen MR) is 72.0 cm³/mol. The molecule has 96 valence electrons. The first-order valence-electron chi connectivity index (χ1n) is 6.13. The molecule has 0 spiro atoms. The fourth-order valence-corrected chi connectivity index (χ4v) is 2.38. The van der Waals surface area contributed by atoms with Crippen molar-refractivity contribution in [2.45, 2.75) is 12.3 Å². The van der Waals surface area contributed by atoms with E-state index in [9.17, 15) is 5.11 Å². The maximum atomic E-state index is 9.30. The van der Waals surface area contributed by atoms with Gasteiger partial charge >= 0.3 is 0 Å². The molecule has 3 nitrogen and oxygen atoms in total. The summed E-state index contributed by atoms with van der Waals surface area (Å²) in [6.45, 7) is 0.161. The van der Waals surface area contributed by atoms with E-state index < -0.39 is 0 Å². The molecule has 0 aliphatic carbocycles. The second-order valence-electron chi connectivity index (χ2n) is 4.35. The van der Waals surface area contributed by atoms with E-state index in [2.05, 4.69) is 16.7 Å². The van der Waals surface area contributed by atoms with Crippen LogP contribution in [0.4, 0.5) is 0 Å². The molecule has 2 rings (SSSR count). The highest BCUT2D eigenvalue weighted by molar-refractivity contribution is 5.40. The minimum absolute atomic E-state index is 0.158. The minimum Gasteiger partial charge on any atom is -0.496 e. The van der Waals surface area contributed by atoms with E-state index in [1.165, 1.54) is 5.69 Å². The first-order valence-corrected chi connectivity index (χ1v) is 6.13. The zero-order chi connectivity index (χ0) is 13.0. The molecule has 1 aromatic carbocycles. The molecule has 18 heavy (non-hydrogen) atoms. The van der Waals surface area contributed by atoms with E-state index >= 15 is 0 Å². The molecule has 0 saturated heterocycles. The lowest BCUT2D eigenvalue weighted by molar-refractivity contribution is 0.279. The summed E-state index contributed by atoms with van der Waals surface area (Å²) in [7, 11) is 3.70. The van der Waals surface area contributed by atoms with Crippen LogP contribution in [0.1, 0.15) is 23.6 Å². The number of rotatable bonds is 5. The summed E-state index contributed by atoms with van der Waals surface area (Å²) in [6, 6.07) is 12.1. The molecule has 1 unspecified atom stereocenters. The van der Waals surface area contributed by atoms with Crippen LogP contribution in [0.15, 0.2) is 42.6 Å². The number of methoxy groups -OCH3 is 1. The van der Waals surface area contributed by atoms with Crippen LogP contribution in [0.25, 0.3) is 0 Å². The molecule has 1 heterocycles. The van der Waals surface area contributed by atoms with Crippen molar-refractivity contribution in [3.05, 3.63) is 53.9 Å². The van der Waals surface area contributed by atoms with Gasteiger partial charge < -0.3 is 14.4 Å². The molecular formula is C15H19NO2. The smallest absolute Gasteiger partial charge is 0.122 e. The number of aryl methyl sites for hydroxylation is 1. The van der Waals surface area contributed by atoms with Crippen molar-refractivity contribution in [3.63, 3.8) is 0 Å². The fourth-order valence-electron chi connectivity index (χ4n) is 2.38. The van der Waals surface area contributed by atoms with Crippen LogP contribution in [0.5, 0.6) is 5.75 Å². The monoisotopic (exact) mass is 245 g/mol. The maximum absolute atomic E-state index is 9.30. The lowest BCUT2D eigenvalue weighted by Crippen LogP contribution is -2.09. The summed E-state index contributed by atoms with van der Waals surface area (Å²) in [5, 5.41) is 9.30. The molecule has 0 amide bonds. The van der Waals surface area contributed by atoms with E-state index in [4.69, 9.17) is 4.74 Å². The van der Waals surface area contributed by atoms with Crippen LogP contribution in [0, 0.1) is 0 Å². The molecule has 0 fully saturated rings. The summed E-state index contributed by atoms with van der Waals surface area (Å²) < 4.78 is 7.51. The zero-order valence-corrected chi connectivity index (χ0v) is 10.8. The highest BCUT2D eigenvalue weighted by Crippen LogP contribution is 2.33. The second-order valence-corrected chi connectivity index (χ2v) is 4.35. The van der Waals surface area contributed by atoms with Gasteiger partial charge in [-0.3, -0.25) is 0 Å². The number of hydrogen-bond donors (Lipinski definition) is 1. The molecule has 1 aromatic heterocycles. The molecule has 0 aliphatic heterocycles. The predicted octanol–water partition coefficient (Wildman–Crippen LogP) is 2.55. The van der Waals surface area contributed by atoms with Crippen molar-refractivity contribution in [1.82, 2.24) is 4.57 Å². The fraction of sp³-hybridized carbons (Fsp3) is 0.333. The number of aromatic nitrogens is 1. The Kier molecular flexibility index (Phi) is 4.05. The molecule has 0 saturated carbocycles. The van der Waals surface area contributed by atoms with Crippen LogP contribution in [0.2, 0.25) is 0 Å². The van der Waals surface area contributed by atoms with E-state index in [1.54, 1.807) is 7.11 Å². The van der Waals surface area contributed by atoms with Gasteiger partial charge in [0.15, 0.2) is 0 Å². The van der Waals surface area contributed by atoms with Crippen molar-refractivity contribution in [3.8, 4) is 5.75 Å². The van der Waals surface area contributed by atoms with Crippen LogP contribution in [-0.2, 0) is 7.05 Å². The van der Waals surface area contributed by atoms with E-state index in [0.717, 1.165) is 11.3 Å². The number of benzene rings is 1. The normalized spacial score (nSPS) is 12.4. The number of ether oxygens (including phenoxy) is 1. The number of hydrogen-bond acceptors (Lipinski definition) is 2. The third-order valence-electron chi connectivity index (χ3n) is 3.27. The molecular weight excluding hydrogens is 226 g/mol. The van der Waals surface area contributed by atoms with Gasteiger partial charge in [-0.25, -0.2) is 0 Å². The van der Waals surface area contributed by atoms with E-state index in [0.29, 0.717) is 6.42 Å². The van der Waals surface area contributed by atoms with Crippen LogP contribution in [-0.4, -0.2) is 23.4 Å². The van der Waals surface area contributed by atoms with Crippen molar-refractivity contribution in [2.75, 3.05) is 13.7 Å². The van der Waals surface area contributed by atoms with Crippen molar-refractivity contribution in [2.24, 2.45) is 7.05 Å². The molecule has 1 N–H and O–H groups in total. The van der Waals surface area contributed by atoms with Gasteiger partial charge in [0.1, 0.15) is 5.75 Å². The van der Waals surface area contributed by atoms with Gasteiger partial charge in [0.25, 0.3) is 0 Å². The summed E-state index contributed by atoms with van der Waals surface area (Å²) in [5.74, 6) is 1.03. The van der Waals surface area contributed by atoms with Gasteiger partial charge in [0.05, 0.1) is 7.11 Å². The topological polar surface area (TPSA) is 34.4 Å². The Morgan fingerprint density at radius 1 is 1.22 bits per heavy atom. The largest absolute Gasteiger partial charge is 0.496 e. The quantitative estimate of drug-likeness (QED) is 0.878. The summed E-state index contributed by atoms with van der Waals surface area (Å²) >= 11 is 0. The van der Waals surface area contributed by atoms with Crippen LogP contribution < -0.4 is 4.74 Å². The van der Waals surface area contributed by atoms with Gasteiger partial charge in [-0.05, 0) is 24.6 Å². The highest BCUT2D eigenvalue weighted by Gasteiger charge is 2.19. The Hall–Kier alpha value is -1.74. The lowest BCUT2D eigenvalue weighted by Gasteiger charge is -2.20. The molecule has 3 heteroatoms. The SMILES string of the molecule is COc1ccccc1C(CCO)c1cccn1C. The minimum atomic E-state index is 0.158. The first-order chi connectivity index (χ1) is 8.77. The molecule has 0 bridgehead atoms. The van der Waals surface area contributed by atoms with Gasteiger partial charge in [0, 0.05) is 37.0 Å². The van der Waals surface area contributed by atoms with Gasteiger partial charge in [-0.15, -0.1) is 0 Å². The Labute approximate surface area is 108 Å². The number of nitrogens with zero attached hydrogens (tertiary/aromatic N) is 1. The average molecular weight is 245 g/mol. The lowest BCUT2D eigenvalue weighted by atomic mass is 9.92. The molecule has 1 atom stereocenters. The third-order valence-corrected chi connectivity index (χ3v) is 3.27. The van der Waals surface area contributed by atoms with Crippen molar-refractivity contribution < 1.29 is 9.84 Å². The van der Waals surface area contributed by atoms with Crippen LogP contribution in [0.3, 0.4) is 0 Å². The van der Waals surface area contributed by atoms with E-state index in [1.807, 2.05) is 37.5 Å². The van der Waals surface area contributed by atoms with Gasteiger partial charge in [-0.2, -0.15) is 0 Å². The second kappa shape index (κ2) is 5.74. The number of para-hydroxylation sites is 1. The molecule has 2 aromatic rings. The third kappa shape index (κ3) is 2.41. The van der Waals surface area contributed by atoms with E-state index in [-0.39, 0.29) is 12.5 Å². The summed E-state index contributed by atoms with van der Waals surface area (Å²) in [4.78, 5) is 0. The van der Waals surface area contributed by atoms with Crippen molar-refractivity contribution >= 4 is 0 Å². The standard InChI is InChI=1S/C15H19NO2/c1-16-10-5-7-14(16)12(9-11-17)13-6-3-4-8-15(13)18-2/h3-8,10,12,17H,9,11H2,1-2H3. The van der Waals surface area contributed by atoms with Crippen LogP contribution >= 0.6 is 0 Å². The summed E-state index contributed by atoms with van der Waals surface area (Å²) in [5.41, 5.74) is 2.31. The van der Waals surface area contributed by atoms with Gasteiger partial charge in [-0.1, -0.05) is 18.2 Å². The number of aliphatic hydroxyl groups excluding tert-OH is 1. The maximum Gasteiger partial charge on any atom is 0.122 e. The Morgan fingerprint density at radius 2 is 2.00 bits per heavy atom. The summed E-state index contributed by atoms with van der Waals surface area (Å²) in [6.07, 6.45) is 2.72. The highest BCUT2D eigenvalue weighted by atomic mass is 16.5. The number of aliphatic hydroxyl groups is 1. The van der Waals surface area contributed by atoms with Crippen molar-refractivity contribution in [1.29, 1.82) is 0 Å². The zero-order valence-electron chi connectivity index (χ0n) is 10.8. The molecule has 0 aliphatic rings. The first kappa shape index (κ1) is 12.7. The Bertz CT molecular complexity index is 505. The average Bonchev–Trinajstić information content (AvgIpc) is 2.82.